The molecular formula is C16H12Cl2PTi. The predicted octanol–water partition coefficient (Wildman–Crippen LogP) is -0.675. The summed E-state index contributed by atoms with van der Waals surface area (Å²) in [4.78, 5) is 0. The van der Waals surface area contributed by atoms with Gasteiger partial charge in [0.05, 0.1) is 0 Å². The summed E-state index contributed by atoms with van der Waals surface area (Å²) in [7, 11) is 1.30. The fourth-order valence-electron chi connectivity index (χ4n) is 1.90. The Hall–Kier alpha value is -0.486. The fraction of sp³-hybridized carbons (Fsp3) is 0. The predicted molar refractivity (Wildman–Crippen MR) is 75.4 cm³/mol. The van der Waals surface area contributed by atoms with Crippen molar-refractivity contribution in [2.45, 2.75) is 0 Å². The van der Waals surface area contributed by atoms with Gasteiger partial charge in [-0.1, -0.05) is 64.7 Å². The molecule has 1 radical (unpaired) electrons. The molecular weight excluding hydrogens is 342 g/mol. The van der Waals surface area contributed by atoms with Crippen LogP contribution in [-0.4, -0.2) is 0 Å². The van der Waals surface area contributed by atoms with Crippen LogP contribution in [0.5, 0.6) is 0 Å². The van der Waals surface area contributed by atoms with Crippen molar-refractivity contribution in [1.82, 2.24) is 0 Å². The first kappa shape index (κ1) is 19.5. The van der Waals surface area contributed by atoms with E-state index in [1.54, 1.807) is 0 Å². The zero-order valence-electron chi connectivity index (χ0n) is 10.6. The molecule has 3 rings (SSSR count). The molecule has 99 valence electrons. The summed E-state index contributed by atoms with van der Waals surface area (Å²) >= 11 is 0. The Balaban J connectivity index is 0.00000120. The van der Waals surface area contributed by atoms with Crippen molar-refractivity contribution in [3.8, 4) is 21.7 Å². The van der Waals surface area contributed by atoms with Crippen molar-refractivity contribution < 1.29 is 46.5 Å². The molecule has 0 fully saturated rings. The van der Waals surface area contributed by atoms with E-state index in [1.807, 2.05) is 0 Å². The molecule has 0 bridgehead atoms. The van der Waals surface area contributed by atoms with Crippen LogP contribution < -0.4 is 24.8 Å². The maximum Gasteiger partial charge on any atom is 3.00 e. The maximum absolute atomic E-state index is 2.22. The van der Waals surface area contributed by atoms with Gasteiger partial charge in [-0.15, -0.1) is 29.8 Å². The van der Waals surface area contributed by atoms with Crippen molar-refractivity contribution in [1.29, 1.82) is 0 Å². The normalized spacial score (nSPS) is 9.20. The number of halogens is 2. The number of benzene rings is 2. The molecule has 0 aliphatic heterocycles. The molecule has 1 heterocycles. The summed E-state index contributed by atoms with van der Waals surface area (Å²) < 4.78 is 0. The van der Waals surface area contributed by atoms with Crippen molar-refractivity contribution in [2.75, 3.05) is 0 Å². The molecule has 0 nitrogen and oxygen atoms in total. The van der Waals surface area contributed by atoms with Crippen LogP contribution in [0.1, 0.15) is 0 Å². The molecule has 0 unspecified atom stereocenters. The first-order chi connectivity index (χ1) is 8.43. The van der Waals surface area contributed by atoms with Crippen LogP contribution in [0.2, 0.25) is 0 Å². The second kappa shape index (κ2) is 9.45. The van der Waals surface area contributed by atoms with Gasteiger partial charge in [0.25, 0.3) is 0 Å². The largest absolute Gasteiger partial charge is 3.00 e. The zero-order chi connectivity index (χ0) is 11.5. The first-order valence-corrected chi connectivity index (χ1v) is 6.57. The Bertz CT molecular complexity index is 555. The van der Waals surface area contributed by atoms with Crippen molar-refractivity contribution in [3.63, 3.8) is 0 Å². The van der Waals surface area contributed by atoms with Crippen LogP contribution in [0.3, 0.4) is 0 Å². The van der Waals surface area contributed by atoms with Crippen molar-refractivity contribution in [3.05, 3.63) is 72.8 Å². The molecule has 20 heavy (non-hydrogen) atoms. The van der Waals surface area contributed by atoms with E-state index in [4.69, 9.17) is 0 Å². The average molecular weight is 354 g/mol. The molecule has 4 heteroatoms. The van der Waals surface area contributed by atoms with Crippen LogP contribution in [0, 0.1) is 0 Å². The summed E-state index contributed by atoms with van der Waals surface area (Å²) in [5.41, 5.74) is 2.63. The molecule has 0 aliphatic rings. The van der Waals surface area contributed by atoms with Gasteiger partial charge in [-0.05, 0) is 0 Å². The second-order valence-electron chi connectivity index (χ2n) is 3.95. The Morgan fingerprint density at radius 1 is 0.700 bits per heavy atom. The van der Waals surface area contributed by atoms with Gasteiger partial charge < -0.3 is 24.8 Å². The molecule has 0 N–H and O–H groups in total. The summed E-state index contributed by atoms with van der Waals surface area (Å²) in [6, 6.07) is 25.6. The van der Waals surface area contributed by atoms with Gasteiger partial charge in [0.1, 0.15) is 0 Å². The molecule has 0 atom stereocenters. The van der Waals surface area contributed by atoms with Crippen molar-refractivity contribution in [2.24, 2.45) is 0 Å². The van der Waals surface area contributed by atoms with E-state index in [-0.39, 0.29) is 46.5 Å². The second-order valence-corrected chi connectivity index (χ2v) is 5.13. The van der Waals surface area contributed by atoms with Gasteiger partial charge >= 0.3 is 21.7 Å². The molecule has 0 amide bonds. The minimum absolute atomic E-state index is 0. The number of rotatable bonds is 2. The summed E-state index contributed by atoms with van der Waals surface area (Å²) in [5.74, 6) is 0. The Morgan fingerprint density at radius 2 is 1.25 bits per heavy atom. The minimum atomic E-state index is 0. The van der Waals surface area contributed by atoms with E-state index < -0.39 is 0 Å². The molecule has 1 aromatic heterocycles. The van der Waals surface area contributed by atoms with E-state index in [1.165, 1.54) is 29.9 Å². The smallest absolute Gasteiger partial charge is 1.00 e. The summed E-state index contributed by atoms with van der Waals surface area (Å²) in [5, 5.41) is 2.76. The van der Waals surface area contributed by atoms with Crippen LogP contribution in [0.15, 0.2) is 72.8 Å². The van der Waals surface area contributed by atoms with Gasteiger partial charge in [0.2, 0.25) is 0 Å². The van der Waals surface area contributed by atoms with Crippen LogP contribution in [-0.2, 0) is 21.7 Å². The minimum Gasteiger partial charge on any atom is -1.00 e. The molecule has 0 aliphatic carbocycles. The molecule has 0 spiro atoms. The third-order valence-electron chi connectivity index (χ3n) is 2.78. The monoisotopic (exact) mass is 353 g/mol. The maximum atomic E-state index is 2.22. The molecule has 3 aromatic rings. The summed E-state index contributed by atoms with van der Waals surface area (Å²) in [6.45, 7) is 0. The van der Waals surface area contributed by atoms with Crippen LogP contribution in [0.25, 0.3) is 21.7 Å². The van der Waals surface area contributed by atoms with Crippen LogP contribution >= 0.6 is 8.19 Å². The topological polar surface area (TPSA) is 0 Å². The Kier molecular flexibility index (Phi) is 9.22. The van der Waals surface area contributed by atoms with Gasteiger partial charge in [-0.2, -0.15) is 8.19 Å². The Labute approximate surface area is 148 Å². The third-order valence-corrected chi connectivity index (χ3v) is 4.08. The van der Waals surface area contributed by atoms with Gasteiger partial charge in [-0.25, -0.2) is 0 Å². The summed E-state index contributed by atoms with van der Waals surface area (Å²) in [6.07, 6.45) is 0. The Morgan fingerprint density at radius 3 is 1.85 bits per heavy atom. The van der Waals surface area contributed by atoms with E-state index in [9.17, 15) is 0 Å². The number of hydrogen-bond donors (Lipinski definition) is 0. The first-order valence-electron chi connectivity index (χ1n) is 5.68. The van der Waals surface area contributed by atoms with Crippen LogP contribution in [0.4, 0.5) is 0 Å². The molecule has 2 aromatic carbocycles. The van der Waals surface area contributed by atoms with Gasteiger partial charge in [-0.3, -0.25) is 0 Å². The van der Waals surface area contributed by atoms with E-state index in [2.05, 4.69) is 72.8 Å². The fourth-order valence-corrected chi connectivity index (χ4v) is 3.02. The zero-order valence-corrected chi connectivity index (χ0v) is 14.6. The molecule has 0 saturated carbocycles. The van der Waals surface area contributed by atoms with Crippen molar-refractivity contribution >= 4 is 8.19 Å². The average Bonchev–Trinajstić information content (AvgIpc) is 2.90. The van der Waals surface area contributed by atoms with E-state index in [0.29, 0.717) is 0 Å². The standard InChI is InChI=1S/C16H12P.2ClH.Ti/c1-3-7-13(8-4-1)15-11-12-16(17-15)14-9-5-2-6-10-14;;;/h1-12H;2*1H;/q-1;;;+3/p-2. The van der Waals surface area contributed by atoms with Gasteiger partial charge in [0.15, 0.2) is 0 Å². The third kappa shape index (κ3) is 4.52. The molecule has 0 saturated heterocycles. The van der Waals surface area contributed by atoms with E-state index in [0.717, 1.165) is 0 Å². The quantitative estimate of drug-likeness (QED) is 0.423. The SMILES string of the molecule is [Cl-].[Cl-].[Ti+3].c1ccc(-c2cc[c-](-c3ccccc3)p2)cc1. The number of hydrogen-bond acceptors (Lipinski definition) is 0. The van der Waals surface area contributed by atoms with Gasteiger partial charge in [0, 0.05) is 0 Å². The van der Waals surface area contributed by atoms with E-state index >= 15 is 0 Å².